The molecule has 0 saturated carbocycles. The van der Waals surface area contributed by atoms with Gasteiger partial charge >= 0.3 is 0 Å². The van der Waals surface area contributed by atoms with Crippen LogP contribution in [0.25, 0.3) is 0 Å². The average Bonchev–Trinajstić information content (AvgIpc) is 2.23. The van der Waals surface area contributed by atoms with Crippen molar-refractivity contribution in [2.75, 3.05) is 7.05 Å². The standard InChI is InChI=1S/C12H17NO2/c1-8-6-5-7-11(9(8)2)15-10(3)12(14)13-4/h5-7,10H,1-4H3,(H,13,14)/t10-/m1/s1. The van der Waals surface area contributed by atoms with Gasteiger partial charge in [0.25, 0.3) is 5.91 Å². The van der Waals surface area contributed by atoms with Gasteiger partial charge in [-0.05, 0) is 38.0 Å². The number of likely N-dealkylation sites (N-methyl/N-ethyl adjacent to an activating group) is 1. The number of hydrogen-bond donors (Lipinski definition) is 1. The van der Waals surface area contributed by atoms with Crippen molar-refractivity contribution >= 4 is 5.91 Å². The van der Waals surface area contributed by atoms with Crippen molar-refractivity contribution < 1.29 is 9.53 Å². The summed E-state index contributed by atoms with van der Waals surface area (Å²) in [4.78, 5) is 11.3. The van der Waals surface area contributed by atoms with E-state index in [0.29, 0.717) is 0 Å². The molecule has 1 N–H and O–H groups in total. The molecule has 0 aliphatic heterocycles. The van der Waals surface area contributed by atoms with Crippen LogP contribution in [0.5, 0.6) is 5.75 Å². The number of carbonyl (C=O) groups is 1. The van der Waals surface area contributed by atoms with Crippen LogP contribution in [-0.2, 0) is 4.79 Å². The third-order valence-corrected chi connectivity index (χ3v) is 2.47. The van der Waals surface area contributed by atoms with Crippen LogP contribution in [0.2, 0.25) is 0 Å². The Morgan fingerprint density at radius 3 is 2.67 bits per heavy atom. The number of rotatable bonds is 3. The minimum atomic E-state index is -0.463. The molecule has 1 atom stereocenters. The molecular weight excluding hydrogens is 190 g/mol. The van der Waals surface area contributed by atoms with Gasteiger partial charge in [0.15, 0.2) is 6.10 Å². The topological polar surface area (TPSA) is 38.3 Å². The molecular formula is C12H17NO2. The maximum absolute atomic E-state index is 11.3. The van der Waals surface area contributed by atoms with Crippen molar-refractivity contribution in [3.8, 4) is 5.75 Å². The number of aryl methyl sites for hydroxylation is 1. The molecule has 0 unspecified atom stereocenters. The first-order valence-electron chi connectivity index (χ1n) is 5.00. The van der Waals surface area contributed by atoms with E-state index in [1.165, 1.54) is 0 Å². The smallest absolute Gasteiger partial charge is 0.260 e. The van der Waals surface area contributed by atoms with E-state index < -0.39 is 6.10 Å². The molecule has 0 aliphatic rings. The zero-order chi connectivity index (χ0) is 11.4. The van der Waals surface area contributed by atoms with Gasteiger partial charge in [-0.3, -0.25) is 4.79 Å². The highest BCUT2D eigenvalue weighted by Gasteiger charge is 2.13. The number of amides is 1. The second-order valence-corrected chi connectivity index (χ2v) is 3.57. The van der Waals surface area contributed by atoms with Gasteiger partial charge in [-0.2, -0.15) is 0 Å². The number of nitrogens with one attached hydrogen (secondary N) is 1. The predicted molar refractivity (Wildman–Crippen MR) is 60.1 cm³/mol. The molecule has 1 aromatic rings. The SMILES string of the molecule is CNC(=O)[C@@H](C)Oc1cccc(C)c1C. The third kappa shape index (κ3) is 2.72. The first-order chi connectivity index (χ1) is 7.06. The first-order valence-corrected chi connectivity index (χ1v) is 5.00. The van der Waals surface area contributed by atoms with E-state index in [-0.39, 0.29) is 5.91 Å². The molecule has 0 radical (unpaired) electrons. The molecule has 0 heterocycles. The lowest BCUT2D eigenvalue weighted by Crippen LogP contribution is -2.33. The summed E-state index contributed by atoms with van der Waals surface area (Å²) in [6.45, 7) is 5.74. The largest absolute Gasteiger partial charge is 0.481 e. The molecule has 3 nitrogen and oxygen atoms in total. The van der Waals surface area contributed by atoms with Crippen LogP contribution < -0.4 is 10.1 Å². The van der Waals surface area contributed by atoms with Crippen LogP contribution >= 0.6 is 0 Å². The molecule has 0 aliphatic carbocycles. The minimum absolute atomic E-state index is 0.115. The molecule has 3 heteroatoms. The van der Waals surface area contributed by atoms with E-state index in [1.54, 1.807) is 14.0 Å². The fourth-order valence-electron chi connectivity index (χ4n) is 1.30. The maximum atomic E-state index is 11.3. The number of hydrogen-bond acceptors (Lipinski definition) is 2. The normalized spacial score (nSPS) is 12.0. The zero-order valence-electron chi connectivity index (χ0n) is 9.63. The van der Waals surface area contributed by atoms with E-state index in [0.717, 1.165) is 16.9 Å². The maximum Gasteiger partial charge on any atom is 0.260 e. The first kappa shape index (κ1) is 11.6. The summed E-state index contributed by atoms with van der Waals surface area (Å²) in [6, 6.07) is 5.82. The van der Waals surface area contributed by atoms with E-state index in [2.05, 4.69) is 5.32 Å². The van der Waals surface area contributed by atoms with Crippen molar-refractivity contribution in [1.82, 2.24) is 5.32 Å². The summed E-state index contributed by atoms with van der Waals surface area (Å²) in [6.07, 6.45) is -0.463. The summed E-state index contributed by atoms with van der Waals surface area (Å²) in [5, 5.41) is 2.56. The van der Waals surface area contributed by atoms with Gasteiger partial charge < -0.3 is 10.1 Å². The number of ether oxygens (including phenoxy) is 1. The summed E-state index contributed by atoms with van der Waals surface area (Å²) in [7, 11) is 1.60. The lowest BCUT2D eigenvalue weighted by molar-refractivity contribution is -0.126. The Hall–Kier alpha value is -1.51. The van der Waals surface area contributed by atoms with E-state index >= 15 is 0 Å². The highest BCUT2D eigenvalue weighted by Crippen LogP contribution is 2.21. The van der Waals surface area contributed by atoms with Crippen LogP contribution in [0.1, 0.15) is 18.1 Å². The molecule has 0 bridgehead atoms. The molecule has 82 valence electrons. The summed E-state index contributed by atoms with van der Waals surface area (Å²) < 4.78 is 5.57. The molecule has 0 spiro atoms. The van der Waals surface area contributed by atoms with Crippen LogP contribution in [0.4, 0.5) is 0 Å². The number of benzene rings is 1. The Bertz CT molecular complexity index is 361. The van der Waals surface area contributed by atoms with Crippen LogP contribution in [0.15, 0.2) is 18.2 Å². The van der Waals surface area contributed by atoms with Gasteiger partial charge in [0.2, 0.25) is 0 Å². The molecule has 0 saturated heterocycles. The van der Waals surface area contributed by atoms with Crippen molar-refractivity contribution in [1.29, 1.82) is 0 Å². The van der Waals surface area contributed by atoms with Crippen LogP contribution in [0.3, 0.4) is 0 Å². The highest BCUT2D eigenvalue weighted by atomic mass is 16.5. The van der Waals surface area contributed by atoms with Gasteiger partial charge in [-0.1, -0.05) is 12.1 Å². The van der Waals surface area contributed by atoms with Gasteiger partial charge in [-0.15, -0.1) is 0 Å². The summed E-state index contributed by atoms with van der Waals surface area (Å²) in [5.74, 6) is 0.655. The highest BCUT2D eigenvalue weighted by molar-refractivity contribution is 5.80. The Balaban J connectivity index is 2.81. The summed E-state index contributed by atoms with van der Waals surface area (Å²) >= 11 is 0. The third-order valence-electron chi connectivity index (χ3n) is 2.47. The molecule has 15 heavy (non-hydrogen) atoms. The fraction of sp³-hybridized carbons (Fsp3) is 0.417. The molecule has 0 fully saturated rings. The van der Waals surface area contributed by atoms with Gasteiger partial charge in [-0.25, -0.2) is 0 Å². The van der Waals surface area contributed by atoms with Crippen LogP contribution in [-0.4, -0.2) is 19.1 Å². The van der Waals surface area contributed by atoms with Gasteiger partial charge in [0.1, 0.15) is 5.75 Å². The summed E-state index contributed by atoms with van der Waals surface area (Å²) in [5.41, 5.74) is 2.24. The Labute approximate surface area is 90.4 Å². The molecule has 1 amide bonds. The lowest BCUT2D eigenvalue weighted by atomic mass is 10.1. The molecule has 0 aromatic heterocycles. The van der Waals surface area contributed by atoms with Gasteiger partial charge in [0.05, 0.1) is 0 Å². The van der Waals surface area contributed by atoms with Crippen molar-refractivity contribution in [3.05, 3.63) is 29.3 Å². The monoisotopic (exact) mass is 207 g/mol. The Morgan fingerprint density at radius 2 is 2.07 bits per heavy atom. The van der Waals surface area contributed by atoms with E-state index in [9.17, 15) is 4.79 Å². The van der Waals surface area contributed by atoms with Crippen LogP contribution in [0, 0.1) is 13.8 Å². The Kier molecular flexibility index (Phi) is 3.72. The lowest BCUT2D eigenvalue weighted by Gasteiger charge is -2.15. The second-order valence-electron chi connectivity index (χ2n) is 3.57. The zero-order valence-corrected chi connectivity index (χ0v) is 9.63. The molecule has 1 rings (SSSR count). The number of carbonyl (C=O) groups excluding carboxylic acids is 1. The minimum Gasteiger partial charge on any atom is -0.481 e. The molecule has 1 aromatic carbocycles. The van der Waals surface area contributed by atoms with Crippen molar-refractivity contribution in [2.24, 2.45) is 0 Å². The van der Waals surface area contributed by atoms with E-state index in [4.69, 9.17) is 4.74 Å². The second kappa shape index (κ2) is 4.82. The van der Waals surface area contributed by atoms with Crippen molar-refractivity contribution in [3.63, 3.8) is 0 Å². The predicted octanol–water partition coefficient (Wildman–Crippen LogP) is 1.82. The van der Waals surface area contributed by atoms with Gasteiger partial charge in [0, 0.05) is 7.05 Å². The van der Waals surface area contributed by atoms with E-state index in [1.807, 2.05) is 32.0 Å². The average molecular weight is 207 g/mol. The fourth-order valence-corrected chi connectivity index (χ4v) is 1.30. The van der Waals surface area contributed by atoms with Crippen molar-refractivity contribution in [2.45, 2.75) is 26.9 Å². The Morgan fingerprint density at radius 1 is 1.40 bits per heavy atom. The quantitative estimate of drug-likeness (QED) is 0.821.